The fourth-order valence-electron chi connectivity index (χ4n) is 5.96. The minimum Gasteiger partial charge on any atom is -0.324 e. The molecule has 2 nitrogen and oxygen atoms in total. The lowest BCUT2D eigenvalue weighted by atomic mass is 9.48. The first-order valence-corrected chi connectivity index (χ1v) is 7.46. The number of carbonyl (C=O) groups is 1. The van der Waals surface area contributed by atoms with Crippen LogP contribution >= 0.6 is 0 Å². The summed E-state index contributed by atoms with van der Waals surface area (Å²) >= 11 is 0. The van der Waals surface area contributed by atoms with Crippen LogP contribution in [0.5, 0.6) is 0 Å². The molecule has 0 unspecified atom stereocenters. The predicted molar refractivity (Wildman–Crippen MR) is 66.3 cm³/mol. The zero-order valence-electron chi connectivity index (χ0n) is 10.5. The Bertz CT molecular complexity index is 330. The van der Waals surface area contributed by atoms with E-state index >= 15 is 0 Å². The Morgan fingerprint density at radius 3 is 1.94 bits per heavy atom. The number of Topliss-reactive ketones (excluding diaryl/α,β-unsaturated/α-hetero) is 1. The summed E-state index contributed by atoms with van der Waals surface area (Å²) in [4.78, 5) is 12.2. The molecule has 0 aromatic rings. The zero-order chi connectivity index (χ0) is 11.6. The summed E-state index contributed by atoms with van der Waals surface area (Å²) in [6.45, 7) is 0.281. The summed E-state index contributed by atoms with van der Waals surface area (Å²) in [5.74, 6) is 4.89. The van der Waals surface area contributed by atoms with Gasteiger partial charge in [-0.1, -0.05) is 0 Å². The van der Waals surface area contributed by atoms with E-state index < -0.39 is 0 Å². The lowest BCUT2D eigenvalue weighted by molar-refractivity contribution is -0.134. The van der Waals surface area contributed by atoms with Crippen molar-refractivity contribution >= 4 is 5.78 Å². The van der Waals surface area contributed by atoms with E-state index in [1.54, 1.807) is 0 Å². The van der Waals surface area contributed by atoms with E-state index in [0.29, 0.717) is 5.78 Å². The molecule has 0 spiro atoms. The van der Waals surface area contributed by atoms with Crippen LogP contribution in [0.3, 0.4) is 0 Å². The third-order valence-corrected chi connectivity index (χ3v) is 6.39. The van der Waals surface area contributed by atoms with Crippen LogP contribution in [0.25, 0.3) is 0 Å². The summed E-state index contributed by atoms with van der Waals surface area (Å²) < 4.78 is 0. The van der Waals surface area contributed by atoms with E-state index in [0.717, 1.165) is 42.4 Å². The number of ketones is 1. The van der Waals surface area contributed by atoms with E-state index in [2.05, 4.69) is 0 Å². The molecule has 0 radical (unpaired) electrons. The summed E-state index contributed by atoms with van der Waals surface area (Å²) in [6.07, 6.45) is 9.51. The summed E-state index contributed by atoms with van der Waals surface area (Å²) in [5.41, 5.74) is 5.71. The van der Waals surface area contributed by atoms with Crippen molar-refractivity contribution in [2.45, 2.75) is 44.9 Å². The summed E-state index contributed by atoms with van der Waals surface area (Å²) in [7, 11) is 0. The smallest absolute Gasteiger partial charge is 0.152 e. The fourth-order valence-corrected chi connectivity index (χ4v) is 5.96. The van der Waals surface area contributed by atoms with Gasteiger partial charge in [0.2, 0.25) is 0 Å². The molecule has 5 aliphatic rings. The second kappa shape index (κ2) is 3.34. The van der Waals surface area contributed by atoms with E-state index in [-0.39, 0.29) is 12.0 Å². The maximum absolute atomic E-state index is 12.2. The number of hydrogen-bond donors (Lipinski definition) is 1. The quantitative estimate of drug-likeness (QED) is 0.813. The van der Waals surface area contributed by atoms with Gasteiger partial charge in [0.05, 0.1) is 6.54 Å². The molecule has 0 atom stereocenters. The van der Waals surface area contributed by atoms with Crippen LogP contribution in [0.2, 0.25) is 0 Å². The van der Waals surface area contributed by atoms with Crippen LogP contribution in [0, 0.1) is 35.0 Å². The molecule has 5 aliphatic carbocycles. The van der Waals surface area contributed by atoms with Crippen LogP contribution < -0.4 is 5.73 Å². The average molecular weight is 233 g/mol. The highest BCUT2D eigenvalue weighted by molar-refractivity contribution is 5.89. The molecule has 17 heavy (non-hydrogen) atoms. The largest absolute Gasteiger partial charge is 0.324 e. The van der Waals surface area contributed by atoms with Crippen molar-refractivity contribution in [3.8, 4) is 0 Å². The van der Waals surface area contributed by atoms with Crippen LogP contribution in [0.1, 0.15) is 44.9 Å². The molecule has 94 valence electrons. The number of nitrogens with two attached hydrogens (primary N) is 1. The van der Waals surface area contributed by atoms with E-state index in [1.807, 2.05) is 0 Å². The molecule has 0 aromatic heterocycles. The van der Waals surface area contributed by atoms with Gasteiger partial charge in [0.25, 0.3) is 0 Å². The van der Waals surface area contributed by atoms with Crippen LogP contribution in [-0.4, -0.2) is 12.3 Å². The second-order valence-electron chi connectivity index (χ2n) is 7.24. The van der Waals surface area contributed by atoms with Gasteiger partial charge in [0, 0.05) is 5.41 Å². The van der Waals surface area contributed by atoms with Crippen molar-refractivity contribution in [2.75, 3.05) is 6.54 Å². The van der Waals surface area contributed by atoms with Gasteiger partial charge in [-0.15, -0.1) is 0 Å². The lowest BCUT2D eigenvalue weighted by Crippen LogP contribution is -2.50. The number of rotatable bonds is 3. The standard InChI is InChI=1S/C15H23NO/c16-8-13(17)15(1-2-15)14-11-4-9-3-10(6-11)7-12(14)5-9/h9-12,14H,1-8,16H2. The molecule has 0 amide bonds. The predicted octanol–water partition coefficient (Wildman–Crippen LogP) is 2.37. The highest BCUT2D eigenvalue weighted by Gasteiger charge is 2.62. The molecule has 4 bridgehead atoms. The van der Waals surface area contributed by atoms with Gasteiger partial charge in [-0.25, -0.2) is 0 Å². The molecule has 5 rings (SSSR count). The first-order valence-electron chi connectivity index (χ1n) is 7.46. The third kappa shape index (κ3) is 1.34. The summed E-state index contributed by atoms with van der Waals surface area (Å²) in [5, 5.41) is 0. The molecule has 5 fully saturated rings. The molecule has 0 aromatic carbocycles. The first-order chi connectivity index (χ1) is 8.23. The van der Waals surface area contributed by atoms with Crippen LogP contribution in [0.15, 0.2) is 0 Å². The van der Waals surface area contributed by atoms with Crippen molar-refractivity contribution in [3.63, 3.8) is 0 Å². The van der Waals surface area contributed by atoms with Gasteiger partial charge in [-0.05, 0) is 74.5 Å². The molecule has 0 heterocycles. The van der Waals surface area contributed by atoms with Gasteiger partial charge < -0.3 is 5.73 Å². The van der Waals surface area contributed by atoms with Gasteiger partial charge in [0.15, 0.2) is 5.78 Å². The molecule has 5 saturated carbocycles. The second-order valence-corrected chi connectivity index (χ2v) is 7.24. The first kappa shape index (κ1) is 10.5. The molecule has 2 heteroatoms. The van der Waals surface area contributed by atoms with Crippen molar-refractivity contribution < 1.29 is 4.79 Å². The third-order valence-electron chi connectivity index (χ3n) is 6.39. The van der Waals surface area contributed by atoms with Gasteiger partial charge in [0.1, 0.15) is 0 Å². The number of hydrogen-bond acceptors (Lipinski definition) is 2. The topological polar surface area (TPSA) is 43.1 Å². The Labute approximate surface area is 103 Å². The SMILES string of the molecule is NCC(=O)C1(C2C3CC4CC(C3)CC2C4)CC1. The van der Waals surface area contributed by atoms with E-state index in [4.69, 9.17) is 5.73 Å². The molecule has 2 N–H and O–H groups in total. The maximum Gasteiger partial charge on any atom is 0.152 e. The highest BCUT2D eigenvalue weighted by Crippen LogP contribution is 2.67. The highest BCUT2D eigenvalue weighted by atomic mass is 16.1. The van der Waals surface area contributed by atoms with Gasteiger partial charge in [-0.3, -0.25) is 4.79 Å². The molecule has 0 saturated heterocycles. The number of carbonyl (C=O) groups excluding carboxylic acids is 1. The summed E-state index contributed by atoms with van der Waals surface area (Å²) in [6, 6.07) is 0. The fraction of sp³-hybridized carbons (Fsp3) is 0.933. The van der Waals surface area contributed by atoms with E-state index in [9.17, 15) is 4.79 Å². The Morgan fingerprint density at radius 2 is 1.53 bits per heavy atom. The normalized spacial score (nSPS) is 49.4. The van der Waals surface area contributed by atoms with E-state index in [1.165, 1.54) is 32.1 Å². The van der Waals surface area contributed by atoms with Crippen LogP contribution in [0.4, 0.5) is 0 Å². The van der Waals surface area contributed by atoms with Gasteiger partial charge in [-0.2, -0.15) is 0 Å². The molecule has 0 aliphatic heterocycles. The minimum atomic E-state index is 0.0668. The van der Waals surface area contributed by atoms with Crippen molar-refractivity contribution in [3.05, 3.63) is 0 Å². The monoisotopic (exact) mass is 233 g/mol. The Morgan fingerprint density at radius 1 is 1.00 bits per heavy atom. The lowest BCUT2D eigenvalue weighted by Gasteiger charge is -2.56. The molecular formula is C15H23NO. The maximum atomic E-state index is 12.2. The van der Waals surface area contributed by atoms with Crippen molar-refractivity contribution in [2.24, 2.45) is 40.7 Å². The zero-order valence-corrected chi connectivity index (χ0v) is 10.5. The minimum absolute atomic E-state index is 0.0668. The van der Waals surface area contributed by atoms with Crippen molar-refractivity contribution in [1.82, 2.24) is 0 Å². The molecular weight excluding hydrogens is 210 g/mol. The average Bonchev–Trinajstić information content (AvgIpc) is 3.08. The van der Waals surface area contributed by atoms with Crippen molar-refractivity contribution in [1.29, 1.82) is 0 Å². The Hall–Kier alpha value is -0.370. The van der Waals surface area contributed by atoms with Crippen LogP contribution in [-0.2, 0) is 4.79 Å². The van der Waals surface area contributed by atoms with Gasteiger partial charge >= 0.3 is 0 Å². The Kier molecular flexibility index (Phi) is 2.07. The Balaban J connectivity index is 1.64.